The fraction of sp³-hybridized carbons (Fsp3) is 0.381. The summed E-state index contributed by atoms with van der Waals surface area (Å²) in [6, 6.07) is 5.78. The molecule has 2 N–H and O–H groups in total. The molecule has 0 aliphatic carbocycles. The minimum absolute atomic E-state index is 0.114. The number of alkyl halides is 3. The van der Waals surface area contributed by atoms with Gasteiger partial charge in [-0.1, -0.05) is 19.1 Å². The second kappa shape index (κ2) is 7.62. The number of aromatic nitrogens is 3. The Morgan fingerprint density at radius 2 is 2.13 bits per heavy atom. The van der Waals surface area contributed by atoms with E-state index in [4.69, 9.17) is 0 Å². The lowest BCUT2D eigenvalue weighted by atomic mass is 10.1. The van der Waals surface area contributed by atoms with E-state index in [1.54, 1.807) is 6.20 Å². The highest BCUT2D eigenvalue weighted by Crippen LogP contribution is 2.36. The van der Waals surface area contributed by atoms with Crippen LogP contribution in [0.1, 0.15) is 29.3 Å². The maximum Gasteiger partial charge on any atom is 0.405 e. The van der Waals surface area contributed by atoms with E-state index >= 15 is 0 Å². The molecule has 1 aromatic carbocycles. The average Bonchev–Trinajstić information content (AvgIpc) is 3.32. The maximum atomic E-state index is 12.7. The molecule has 0 saturated carbocycles. The lowest BCUT2D eigenvalue weighted by Gasteiger charge is -2.24. The van der Waals surface area contributed by atoms with Crippen LogP contribution in [0, 0.1) is 12.8 Å². The van der Waals surface area contributed by atoms with Gasteiger partial charge in [-0.25, -0.2) is 4.98 Å². The number of carbonyl (C=O) groups is 1. The first-order valence-electron chi connectivity index (χ1n) is 9.76. The van der Waals surface area contributed by atoms with Gasteiger partial charge in [-0.05, 0) is 30.9 Å². The highest BCUT2D eigenvalue weighted by molar-refractivity contribution is 6.03. The molecule has 0 bridgehead atoms. The Morgan fingerprint density at radius 1 is 1.33 bits per heavy atom. The van der Waals surface area contributed by atoms with Crippen LogP contribution in [0.2, 0.25) is 0 Å². The van der Waals surface area contributed by atoms with Gasteiger partial charge in [-0.3, -0.25) is 9.78 Å². The van der Waals surface area contributed by atoms with E-state index in [0.29, 0.717) is 36.1 Å². The van der Waals surface area contributed by atoms with Gasteiger partial charge >= 0.3 is 6.18 Å². The molecule has 6 nitrogen and oxygen atoms in total. The molecule has 1 saturated heterocycles. The lowest BCUT2D eigenvalue weighted by Crippen LogP contribution is -2.35. The van der Waals surface area contributed by atoms with Crippen LogP contribution in [0.15, 0.2) is 30.6 Å². The first kappa shape index (κ1) is 20.2. The van der Waals surface area contributed by atoms with E-state index in [9.17, 15) is 18.0 Å². The van der Waals surface area contributed by atoms with Gasteiger partial charge in [0.25, 0.3) is 5.91 Å². The molecule has 1 atom stereocenters. The van der Waals surface area contributed by atoms with Crippen LogP contribution in [-0.4, -0.2) is 46.7 Å². The Labute approximate surface area is 171 Å². The van der Waals surface area contributed by atoms with Crippen molar-refractivity contribution in [3.05, 3.63) is 41.7 Å². The molecule has 1 aliphatic rings. The van der Waals surface area contributed by atoms with E-state index in [0.717, 1.165) is 23.0 Å². The highest BCUT2D eigenvalue weighted by atomic mass is 19.4. The van der Waals surface area contributed by atoms with Crippen molar-refractivity contribution in [1.82, 2.24) is 20.3 Å². The molecule has 3 aromatic rings. The summed E-state index contributed by atoms with van der Waals surface area (Å²) in [4.78, 5) is 26.8. The normalized spacial score (nSPS) is 17.0. The Kier molecular flexibility index (Phi) is 5.13. The number of para-hydroxylation sites is 1. The third-order valence-corrected chi connectivity index (χ3v) is 5.32. The second-order valence-electron chi connectivity index (χ2n) is 7.78. The molecule has 1 unspecified atom stereocenters. The third kappa shape index (κ3) is 3.96. The number of halogens is 3. The Bertz CT molecular complexity index is 1090. The largest absolute Gasteiger partial charge is 0.405 e. The molecule has 1 aliphatic heterocycles. The SMILES string of the molecule is Cc1cccc2[nH]c(-c3cncc(C(=O)NCC(F)(F)F)c3N3CCC(C)C3)nc12. The highest BCUT2D eigenvalue weighted by Gasteiger charge is 2.31. The molecule has 0 spiro atoms. The number of hydrogen-bond donors (Lipinski definition) is 2. The van der Waals surface area contributed by atoms with Crippen LogP contribution in [0.3, 0.4) is 0 Å². The predicted molar refractivity (Wildman–Crippen MR) is 108 cm³/mol. The van der Waals surface area contributed by atoms with E-state index in [1.807, 2.05) is 35.3 Å². The monoisotopic (exact) mass is 417 g/mol. The number of nitrogens with one attached hydrogen (secondary N) is 2. The summed E-state index contributed by atoms with van der Waals surface area (Å²) < 4.78 is 37.9. The summed E-state index contributed by atoms with van der Waals surface area (Å²) in [5, 5.41) is 1.97. The molecular formula is C21H22F3N5O. The van der Waals surface area contributed by atoms with Crippen LogP contribution >= 0.6 is 0 Å². The summed E-state index contributed by atoms with van der Waals surface area (Å²) in [6.45, 7) is 4.08. The van der Waals surface area contributed by atoms with Gasteiger partial charge in [0, 0.05) is 25.5 Å². The van der Waals surface area contributed by atoms with E-state index in [2.05, 4.69) is 21.9 Å². The van der Waals surface area contributed by atoms with Crippen molar-refractivity contribution < 1.29 is 18.0 Å². The number of benzene rings is 1. The third-order valence-electron chi connectivity index (χ3n) is 5.32. The van der Waals surface area contributed by atoms with Crippen molar-refractivity contribution in [1.29, 1.82) is 0 Å². The average molecular weight is 417 g/mol. The molecule has 9 heteroatoms. The van der Waals surface area contributed by atoms with Crippen LogP contribution in [-0.2, 0) is 0 Å². The molecule has 2 aromatic heterocycles. The quantitative estimate of drug-likeness (QED) is 0.671. The predicted octanol–water partition coefficient (Wildman–Crippen LogP) is 4.07. The first-order chi connectivity index (χ1) is 14.2. The van der Waals surface area contributed by atoms with Crippen LogP contribution in [0.5, 0.6) is 0 Å². The van der Waals surface area contributed by atoms with Crippen molar-refractivity contribution in [2.24, 2.45) is 5.92 Å². The smallest absolute Gasteiger partial charge is 0.370 e. The molecule has 158 valence electrons. The zero-order chi connectivity index (χ0) is 21.5. The van der Waals surface area contributed by atoms with Crippen LogP contribution < -0.4 is 10.2 Å². The number of rotatable bonds is 4. The van der Waals surface area contributed by atoms with Crippen molar-refractivity contribution in [2.45, 2.75) is 26.4 Å². The number of H-pyrrole nitrogens is 1. The number of anilines is 1. The molecule has 0 radical (unpaired) electrons. The Balaban J connectivity index is 1.81. The van der Waals surface area contributed by atoms with Crippen molar-refractivity contribution >= 4 is 22.6 Å². The van der Waals surface area contributed by atoms with Crippen molar-refractivity contribution in [3.63, 3.8) is 0 Å². The summed E-state index contributed by atoms with van der Waals surface area (Å²) in [5.41, 5.74) is 3.92. The molecule has 1 amide bonds. The topological polar surface area (TPSA) is 73.9 Å². The van der Waals surface area contributed by atoms with Gasteiger partial charge in [-0.15, -0.1) is 0 Å². The van der Waals surface area contributed by atoms with Gasteiger partial charge in [0.05, 0.1) is 27.8 Å². The number of aryl methyl sites for hydroxylation is 1. The summed E-state index contributed by atoms with van der Waals surface area (Å²) in [6.07, 6.45) is -0.628. The minimum atomic E-state index is -4.49. The lowest BCUT2D eigenvalue weighted by molar-refractivity contribution is -0.123. The van der Waals surface area contributed by atoms with Gasteiger partial charge in [0.1, 0.15) is 12.4 Å². The maximum absolute atomic E-state index is 12.7. The molecule has 30 heavy (non-hydrogen) atoms. The molecule has 1 fully saturated rings. The molecular weight excluding hydrogens is 395 g/mol. The number of fused-ring (bicyclic) bond motifs is 1. The Morgan fingerprint density at radius 3 is 2.80 bits per heavy atom. The molecule has 4 rings (SSSR count). The summed E-state index contributed by atoms with van der Waals surface area (Å²) in [7, 11) is 0. The van der Waals surface area contributed by atoms with E-state index in [-0.39, 0.29) is 5.56 Å². The number of hydrogen-bond acceptors (Lipinski definition) is 4. The van der Waals surface area contributed by atoms with E-state index < -0.39 is 18.6 Å². The summed E-state index contributed by atoms with van der Waals surface area (Å²) >= 11 is 0. The Hall–Kier alpha value is -3.10. The zero-order valence-electron chi connectivity index (χ0n) is 16.7. The molecule has 3 heterocycles. The van der Waals surface area contributed by atoms with Gasteiger partial charge in [-0.2, -0.15) is 13.2 Å². The second-order valence-corrected chi connectivity index (χ2v) is 7.78. The van der Waals surface area contributed by atoms with E-state index in [1.165, 1.54) is 6.20 Å². The zero-order valence-corrected chi connectivity index (χ0v) is 16.7. The fourth-order valence-corrected chi connectivity index (χ4v) is 3.85. The number of aromatic amines is 1. The first-order valence-corrected chi connectivity index (χ1v) is 9.76. The number of amides is 1. The van der Waals surface area contributed by atoms with Gasteiger partial charge in [0.2, 0.25) is 0 Å². The van der Waals surface area contributed by atoms with Crippen molar-refractivity contribution in [2.75, 3.05) is 24.5 Å². The number of imidazole rings is 1. The number of carbonyl (C=O) groups excluding carboxylic acids is 1. The van der Waals surface area contributed by atoms with Crippen LogP contribution in [0.25, 0.3) is 22.4 Å². The number of pyridine rings is 1. The van der Waals surface area contributed by atoms with Gasteiger partial charge in [0.15, 0.2) is 0 Å². The van der Waals surface area contributed by atoms with Gasteiger partial charge < -0.3 is 15.2 Å². The van der Waals surface area contributed by atoms with Crippen LogP contribution in [0.4, 0.5) is 18.9 Å². The van der Waals surface area contributed by atoms with Crippen molar-refractivity contribution in [3.8, 4) is 11.4 Å². The standard InChI is InChI=1S/C21H22F3N5O/c1-12-6-7-29(10-12)18-14(19-27-16-5-3-4-13(2)17(16)28-19)8-25-9-15(18)20(30)26-11-21(22,23)24/h3-5,8-9,12H,6-7,10-11H2,1-2H3,(H,26,30)(H,27,28). The fourth-order valence-electron chi connectivity index (χ4n) is 3.85. The minimum Gasteiger partial charge on any atom is -0.370 e. The summed E-state index contributed by atoms with van der Waals surface area (Å²) in [5.74, 6) is 0.144. The number of nitrogens with zero attached hydrogens (tertiary/aromatic N) is 3.